The molecule has 1 aliphatic carbocycles. The van der Waals surface area contributed by atoms with Gasteiger partial charge in [0.25, 0.3) is 0 Å². The van der Waals surface area contributed by atoms with Crippen molar-refractivity contribution in [3.63, 3.8) is 0 Å². The lowest BCUT2D eigenvalue weighted by atomic mass is 9.78. The van der Waals surface area contributed by atoms with E-state index in [9.17, 15) is 0 Å². The summed E-state index contributed by atoms with van der Waals surface area (Å²) < 4.78 is 11.8. The maximum absolute atomic E-state index is 6.07. The molecule has 1 saturated carbocycles. The van der Waals surface area contributed by atoms with Crippen molar-refractivity contribution in [1.82, 2.24) is 5.32 Å². The Morgan fingerprint density at radius 2 is 1.84 bits per heavy atom. The van der Waals surface area contributed by atoms with Gasteiger partial charge in [-0.25, -0.2) is 0 Å². The Bertz CT molecular complexity index is 248. The van der Waals surface area contributed by atoms with Crippen molar-refractivity contribution in [2.24, 2.45) is 11.8 Å². The Kier molecular flexibility index (Phi) is 6.78. The molecule has 0 aromatic rings. The molecule has 0 radical (unpaired) electrons. The summed E-state index contributed by atoms with van der Waals surface area (Å²) in [6.45, 7) is 12.3. The lowest BCUT2D eigenvalue weighted by Crippen LogP contribution is -2.45. The minimum atomic E-state index is -0.0706. The number of nitrogens with one attached hydrogen (secondary N) is 1. The highest BCUT2D eigenvalue weighted by Gasteiger charge is 2.31. The number of likely N-dealkylation sites (N-methyl/N-ethyl adjacent to an activating group) is 1. The molecule has 3 atom stereocenters. The predicted molar refractivity (Wildman–Crippen MR) is 80.5 cm³/mol. The Balaban J connectivity index is 2.35. The standard InChI is InChI=1S/C16H33NO2/c1-12(2)13-7-8-14(17-6)15(11-13)18-9-10-19-16(3,4)5/h12-15,17H,7-11H2,1-6H3. The first kappa shape index (κ1) is 16.9. The van der Waals surface area contributed by atoms with Crippen LogP contribution in [-0.4, -0.2) is 38.0 Å². The molecule has 0 aromatic carbocycles. The van der Waals surface area contributed by atoms with Gasteiger partial charge in [-0.05, 0) is 58.9 Å². The van der Waals surface area contributed by atoms with E-state index >= 15 is 0 Å². The van der Waals surface area contributed by atoms with E-state index in [0.29, 0.717) is 25.4 Å². The third kappa shape index (κ3) is 6.24. The fourth-order valence-electron chi connectivity index (χ4n) is 2.83. The monoisotopic (exact) mass is 271 g/mol. The molecule has 1 aliphatic rings. The minimum absolute atomic E-state index is 0.0706. The van der Waals surface area contributed by atoms with Crippen LogP contribution in [0.3, 0.4) is 0 Å². The smallest absolute Gasteiger partial charge is 0.0731 e. The van der Waals surface area contributed by atoms with Gasteiger partial charge in [0.2, 0.25) is 0 Å². The zero-order valence-corrected chi connectivity index (χ0v) is 13.7. The summed E-state index contributed by atoms with van der Waals surface area (Å²) in [5.74, 6) is 1.56. The van der Waals surface area contributed by atoms with Crippen LogP contribution in [0.2, 0.25) is 0 Å². The van der Waals surface area contributed by atoms with Crippen molar-refractivity contribution in [2.45, 2.75) is 71.6 Å². The van der Waals surface area contributed by atoms with Gasteiger partial charge >= 0.3 is 0 Å². The maximum Gasteiger partial charge on any atom is 0.0731 e. The molecular weight excluding hydrogens is 238 g/mol. The molecule has 0 aliphatic heterocycles. The van der Waals surface area contributed by atoms with E-state index in [1.807, 2.05) is 7.05 Å². The molecule has 1 rings (SSSR count). The second-order valence-corrected chi connectivity index (χ2v) is 7.08. The predicted octanol–water partition coefficient (Wildman–Crippen LogP) is 3.23. The van der Waals surface area contributed by atoms with Crippen molar-refractivity contribution in [3.05, 3.63) is 0 Å². The van der Waals surface area contributed by atoms with Crippen LogP contribution in [0.15, 0.2) is 0 Å². The van der Waals surface area contributed by atoms with Gasteiger partial charge in [-0.15, -0.1) is 0 Å². The summed E-state index contributed by atoms with van der Waals surface area (Å²) in [5.41, 5.74) is -0.0706. The van der Waals surface area contributed by atoms with Gasteiger partial charge in [0.1, 0.15) is 0 Å². The first-order chi connectivity index (χ1) is 8.83. The second-order valence-electron chi connectivity index (χ2n) is 7.08. The SMILES string of the molecule is CNC1CCC(C(C)C)CC1OCCOC(C)(C)C. The Morgan fingerprint density at radius 3 is 2.37 bits per heavy atom. The van der Waals surface area contributed by atoms with Crippen LogP contribution in [0.5, 0.6) is 0 Å². The Morgan fingerprint density at radius 1 is 1.16 bits per heavy atom. The van der Waals surface area contributed by atoms with Gasteiger partial charge in [0.05, 0.1) is 24.9 Å². The maximum atomic E-state index is 6.07. The van der Waals surface area contributed by atoms with Gasteiger partial charge < -0.3 is 14.8 Å². The zero-order chi connectivity index (χ0) is 14.5. The van der Waals surface area contributed by atoms with E-state index in [-0.39, 0.29) is 5.60 Å². The van der Waals surface area contributed by atoms with E-state index in [1.54, 1.807) is 0 Å². The molecule has 0 bridgehead atoms. The summed E-state index contributed by atoms with van der Waals surface area (Å²) in [6, 6.07) is 0.504. The van der Waals surface area contributed by atoms with Gasteiger partial charge in [0, 0.05) is 6.04 Å². The van der Waals surface area contributed by atoms with Crippen molar-refractivity contribution in [1.29, 1.82) is 0 Å². The normalized spacial score (nSPS) is 28.9. The first-order valence-electron chi connectivity index (χ1n) is 7.76. The second kappa shape index (κ2) is 7.61. The number of hydrogen-bond donors (Lipinski definition) is 1. The van der Waals surface area contributed by atoms with Crippen LogP contribution >= 0.6 is 0 Å². The highest BCUT2D eigenvalue weighted by atomic mass is 16.5. The van der Waals surface area contributed by atoms with Crippen LogP contribution in [0, 0.1) is 11.8 Å². The third-order valence-electron chi connectivity index (χ3n) is 4.10. The lowest BCUT2D eigenvalue weighted by molar-refractivity contribution is -0.0714. The third-order valence-corrected chi connectivity index (χ3v) is 4.10. The van der Waals surface area contributed by atoms with E-state index in [2.05, 4.69) is 39.9 Å². The average Bonchev–Trinajstić information content (AvgIpc) is 2.33. The fourth-order valence-corrected chi connectivity index (χ4v) is 2.83. The van der Waals surface area contributed by atoms with Crippen molar-refractivity contribution in [3.8, 4) is 0 Å². The lowest BCUT2D eigenvalue weighted by Gasteiger charge is -2.37. The molecule has 3 unspecified atom stereocenters. The van der Waals surface area contributed by atoms with E-state index < -0.39 is 0 Å². The molecule has 3 heteroatoms. The molecule has 1 N–H and O–H groups in total. The number of hydrogen-bond acceptors (Lipinski definition) is 3. The molecule has 0 saturated heterocycles. The van der Waals surface area contributed by atoms with E-state index in [4.69, 9.17) is 9.47 Å². The fraction of sp³-hybridized carbons (Fsp3) is 1.00. The van der Waals surface area contributed by atoms with Crippen molar-refractivity contribution >= 4 is 0 Å². The highest BCUT2D eigenvalue weighted by Crippen LogP contribution is 2.31. The van der Waals surface area contributed by atoms with Crippen LogP contribution < -0.4 is 5.32 Å². The molecule has 0 spiro atoms. The molecule has 0 aromatic heterocycles. The van der Waals surface area contributed by atoms with Crippen LogP contribution in [0.4, 0.5) is 0 Å². The van der Waals surface area contributed by atoms with Gasteiger partial charge in [-0.3, -0.25) is 0 Å². The highest BCUT2D eigenvalue weighted by molar-refractivity contribution is 4.86. The van der Waals surface area contributed by atoms with Crippen LogP contribution in [0.1, 0.15) is 53.9 Å². The van der Waals surface area contributed by atoms with Gasteiger partial charge in [-0.2, -0.15) is 0 Å². The molecular formula is C16H33NO2. The zero-order valence-electron chi connectivity index (χ0n) is 13.7. The summed E-state index contributed by atoms with van der Waals surface area (Å²) in [7, 11) is 2.04. The minimum Gasteiger partial charge on any atom is -0.374 e. The topological polar surface area (TPSA) is 30.5 Å². The van der Waals surface area contributed by atoms with E-state index in [0.717, 1.165) is 11.8 Å². The quantitative estimate of drug-likeness (QED) is 0.752. The van der Waals surface area contributed by atoms with Gasteiger partial charge in [0.15, 0.2) is 0 Å². The molecule has 0 heterocycles. The summed E-state index contributed by atoms with van der Waals surface area (Å²) in [4.78, 5) is 0. The molecule has 0 amide bonds. The van der Waals surface area contributed by atoms with Crippen LogP contribution in [-0.2, 0) is 9.47 Å². The molecule has 19 heavy (non-hydrogen) atoms. The largest absolute Gasteiger partial charge is 0.374 e. The molecule has 114 valence electrons. The molecule has 3 nitrogen and oxygen atoms in total. The number of rotatable bonds is 6. The summed E-state index contributed by atoms with van der Waals surface area (Å²) in [5, 5.41) is 3.40. The van der Waals surface area contributed by atoms with Gasteiger partial charge in [-0.1, -0.05) is 13.8 Å². The van der Waals surface area contributed by atoms with E-state index in [1.165, 1.54) is 19.3 Å². The van der Waals surface area contributed by atoms with Crippen LogP contribution in [0.25, 0.3) is 0 Å². The summed E-state index contributed by atoms with van der Waals surface area (Å²) in [6.07, 6.45) is 4.07. The van der Waals surface area contributed by atoms with Crippen molar-refractivity contribution in [2.75, 3.05) is 20.3 Å². The number of ether oxygens (including phenoxy) is 2. The summed E-state index contributed by atoms with van der Waals surface area (Å²) >= 11 is 0. The van der Waals surface area contributed by atoms with Crippen molar-refractivity contribution < 1.29 is 9.47 Å². The Hall–Kier alpha value is -0.120. The Labute approximate surface area is 119 Å². The average molecular weight is 271 g/mol. The molecule has 1 fully saturated rings. The first-order valence-corrected chi connectivity index (χ1v) is 7.76.